The first-order valence-electron chi connectivity index (χ1n) is 7.64. The Labute approximate surface area is 140 Å². The first-order valence-corrected chi connectivity index (χ1v) is 8.39. The first kappa shape index (κ1) is 16.1. The van der Waals surface area contributed by atoms with Gasteiger partial charge in [-0.1, -0.05) is 29.3 Å². The molecule has 3 N–H and O–H groups in total. The Morgan fingerprint density at radius 2 is 2.00 bits per heavy atom. The van der Waals surface area contributed by atoms with Crippen molar-refractivity contribution in [2.45, 2.75) is 25.4 Å². The SMILES string of the molecule is O=C(NCC(O)c1c(Cl)cccc1Cl)C1CC12CCNCC2. The molecule has 22 heavy (non-hydrogen) atoms. The van der Waals surface area contributed by atoms with Gasteiger partial charge in [0.15, 0.2) is 0 Å². The lowest BCUT2D eigenvalue weighted by Crippen LogP contribution is -2.35. The molecule has 1 aliphatic carbocycles. The van der Waals surface area contributed by atoms with Crippen LogP contribution in [0.3, 0.4) is 0 Å². The number of aliphatic hydroxyl groups is 1. The van der Waals surface area contributed by atoms with Crippen LogP contribution >= 0.6 is 23.2 Å². The zero-order valence-electron chi connectivity index (χ0n) is 12.2. The molecule has 1 saturated carbocycles. The summed E-state index contributed by atoms with van der Waals surface area (Å²) in [5.41, 5.74) is 0.668. The van der Waals surface area contributed by atoms with E-state index >= 15 is 0 Å². The lowest BCUT2D eigenvalue weighted by atomic mass is 9.92. The number of hydrogen-bond acceptors (Lipinski definition) is 3. The van der Waals surface area contributed by atoms with E-state index in [-0.39, 0.29) is 23.8 Å². The maximum absolute atomic E-state index is 12.3. The van der Waals surface area contributed by atoms with Gasteiger partial charge in [0, 0.05) is 28.1 Å². The van der Waals surface area contributed by atoms with E-state index in [0.29, 0.717) is 15.6 Å². The second-order valence-corrected chi connectivity index (χ2v) is 7.08. The topological polar surface area (TPSA) is 61.4 Å². The Bertz CT molecular complexity index is 553. The molecule has 0 bridgehead atoms. The third-order valence-corrected chi connectivity index (χ3v) is 5.57. The molecule has 2 atom stereocenters. The van der Waals surface area contributed by atoms with Crippen molar-refractivity contribution in [2.75, 3.05) is 19.6 Å². The maximum Gasteiger partial charge on any atom is 0.223 e. The Morgan fingerprint density at radius 1 is 1.36 bits per heavy atom. The molecule has 0 aromatic heterocycles. The van der Waals surface area contributed by atoms with Crippen LogP contribution in [-0.2, 0) is 4.79 Å². The number of rotatable bonds is 4. The van der Waals surface area contributed by atoms with E-state index in [1.165, 1.54) is 0 Å². The second kappa shape index (κ2) is 6.36. The molecule has 1 aromatic rings. The van der Waals surface area contributed by atoms with Crippen LogP contribution in [0.25, 0.3) is 0 Å². The smallest absolute Gasteiger partial charge is 0.223 e. The molecule has 2 unspecified atom stereocenters. The maximum atomic E-state index is 12.3. The van der Waals surface area contributed by atoms with Gasteiger partial charge in [0.25, 0.3) is 0 Å². The number of aliphatic hydroxyl groups excluding tert-OH is 1. The Kier molecular flexibility index (Phi) is 4.64. The van der Waals surface area contributed by atoms with E-state index in [9.17, 15) is 9.90 Å². The summed E-state index contributed by atoms with van der Waals surface area (Å²) in [4.78, 5) is 12.3. The number of piperidine rings is 1. The quantitative estimate of drug-likeness (QED) is 0.787. The van der Waals surface area contributed by atoms with Crippen molar-refractivity contribution in [3.05, 3.63) is 33.8 Å². The van der Waals surface area contributed by atoms with Crippen molar-refractivity contribution in [3.8, 4) is 0 Å². The van der Waals surface area contributed by atoms with Crippen molar-refractivity contribution < 1.29 is 9.90 Å². The van der Waals surface area contributed by atoms with Gasteiger partial charge in [0.2, 0.25) is 5.91 Å². The minimum Gasteiger partial charge on any atom is -0.386 e. The van der Waals surface area contributed by atoms with Gasteiger partial charge in [-0.15, -0.1) is 0 Å². The van der Waals surface area contributed by atoms with Gasteiger partial charge in [0.05, 0.1) is 6.10 Å². The number of hydrogen-bond donors (Lipinski definition) is 3. The Morgan fingerprint density at radius 3 is 2.64 bits per heavy atom. The third-order valence-electron chi connectivity index (χ3n) is 4.91. The number of nitrogens with one attached hydrogen (secondary N) is 2. The van der Waals surface area contributed by atoms with Crippen LogP contribution in [0.1, 0.15) is 30.9 Å². The van der Waals surface area contributed by atoms with Crippen LogP contribution in [0.15, 0.2) is 18.2 Å². The van der Waals surface area contributed by atoms with Crippen molar-refractivity contribution >= 4 is 29.1 Å². The summed E-state index contributed by atoms with van der Waals surface area (Å²) in [7, 11) is 0. The molecule has 1 spiro atoms. The van der Waals surface area contributed by atoms with Crippen LogP contribution in [0.4, 0.5) is 0 Å². The van der Waals surface area contributed by atoms with E-state index in [4.69, 9.17) is 23.2 Å². The highest BCUT2D eigenvalue weighted by Crippen LogP contribution is 2.58. The predicted molar refractivity (Wildman–Crippen MR) is 87.1 cm³/mol. The molecule has 0 radical (unpaired) electrons. The van der Waals surface area contributed by atoms with E-state index in [1.54, 1.807) is 18.2 Å². The van der Waals surface area contributed by atoms with Gasteiger partial charge in [-0.05, 0) is 49.9 Å². The summed E-state index contributed by atoms with van der Waals surface area (Å²) in [6.07, 6.45) is 2.19. The highest BCUT2D eigenvalue weighted by Gasteiger charge is 2.57. The summed E-state index contributed by atoms with van der Waals surface area (Å²) in [6.45, 7) is 2.11. The molecule has 6 heteroatoms. The highest BCUT2D eigenvalue weighted by atomic mass is 35.5. The monoisotopic (exact) mass is 342 g/mol. The molecule has 1 amide bonds. The van der Waals surface area contributed by atoms with Crippen LogP contribution in [-0.4, -0.2) is 30.6 Å². The zero-order valence-corrected chi connectivity index (χ0v) is 13.8. The Hall–Kier alpha value is -0.810. The van der Waals surface area contributed by atoms with Gasteiger partial charge in [0.1, 0.15) is 0 Å². The van der Waals surface area contributed by atoms with E-state index in [2.05, 4.69) is 10.6 Å². The van der Waals surface area contributed by atoms with E-state index < -0.39 is 6.10 Å². The number of benzene rings is 1. The molecule has 1 aromatic carbocycles. The fourth-order valence-corrected chi connectivity index (χ4v) is 4.10. The first-order chi connectivity index (χ1) is 10.5. The summed E-state index contributed by atoms with van der Waals surface area (Å²) < 4.78 is 0. The van der Waals surface area contributed by atoms with Gasteiger partial charge in [-0.25, -0.2) is 0 Å². The molecule has 1 heterocycles. The van der Waals surface area contributed by atoms with Crippen molar-refractivity contribution in [2.24, 2.45) is 11.3 Å². The standard InChI is InChI=1S/C16H20Cl2N2O2/c17-11-2-1-3-12(18)14(11)13(21)9-20-15(22)10-8-16(10)4-6-19-7-5-16/h1-3,10,13,19,21H,4-9H2,(H,20,22). The fourth-order valence-electron chi connectivity index (χ4n) is 3.45. The third kappa shape index (κ3) is 3.11. The van der Waals surface area contributed by atoms with Crippen LogP contribution < -0.4 is 10.6 Å². The van der Waals surface area contributed by atoms with E-state index in [0.717, 1.165) is 32.4 Å². The molecule has 1 saturated heterocycles. The van der Waals surface area contributed by atoms with Gasteiger partial charge in [-0.3, -0.25) is 4.79 Å². The number of carbonyl (C=O) groups is 1. The lowest BCUT2D eigenvalue weighted by Gasteiger charge is -2.23. The predicted octanol–water partition coefficient (Wildman–Crippen LogP) is 2.53. The van der Waals surface area contributed by atoms with Crippen LogP contribution in [0, 0.1) is 11.3 Å². The largest absolute Gasteiger partial charge is 0.386 e. The van der Waals surface area contributed by atoms with Crippen molar-refractivity contribution in [3.63, 3.8) is 0 Å². The van der Waals surface area contributed by atoms with Gasteiger partial charge < -0.3 is 15.7 Å². The lowest BCUT2D eigenvalue weighted by molar-refractivity contribution is -0.123. The average molecular weight is 343 g/mol. The molecular formula is C16H20Cl2N2O2. The summed E-state index contributed by atoms with van der Waals surface area (Å²) in [6, 6.07) is 5.09. The molecular weight excluding hydrogens is 323 g/mol. The summed E-state index contributed by atoms with van der Waals surface area (Å²) >= 11 is 12.1. The second-order valence-electron chi connectivity index (χ2n) is 6.27. The molecule has 2 fully saturated rings. The normalized spacial score (nSPS) is 24.0. The summed E-state index contributed by atoms with van der Waals surface area (Å²) in [5.74, 6) is 0.118. The fraction of sp³-hybridized carbons (Fsp3) is 0.562. The molecule has 1 aliphatic heterocycles. The van der Waals surface area contributed by atoms with E-state index in [1.807, 2.05) is 0 Å². The van der Waals surface area contributed by atoms with Gasteiger partial charge in [-0.2, -0.15) is 0 Å². The molecule has 4 nitrogen and oxygen atoms in total. The minimum absolute atomic E-state index is 0.0316. The van der Waals surface area contributed by atoms with Crippen molar-refractivity contribution in [1.82, 2.24) is 10.6 Å². The van der Waals surface area contributed by atoms with Crippen LogP contribution in [0.2, 0.25) is 10.0 Å². The molecule has 2 aliphatic rings. The Balaban J connectivity index is 1.55. The number of halogens is 2. The molecule has 3 rings (SSSR count). The molecule has 120 valence electrons. The average Bonchev–Trinajstić information content (AvgIpc) is 3.18. The minimum atomic E-state index is -0.895. The highest BCUT2D eigenvalue weighted by molar-refractivity contribution is 6.36. The zero-order chi connectivity index (χ0) is 15.7. The summed E-state index contributed by atoms with van der Waals surface area (Å²) in [5, 5.41) is 17.2. The van der Waals surface area contributed by atoms with Crippen LogP contribution in [0.5, 0.6) is 0 Å². The number of amides is 1. The van der Waals surface area contributed by atoms with Crippen molar-refractivity contribution in [1.29, 1.82) is 0 Å². The number of carbonyl (C=O) groups excluding carboxylic acids is 1. The van der Waals surface area contributed by atoms with Gasteiger partial charge >= 0.3 is 0 Å².